The molecular formula is C12H18F2N2O. The van der Waals surface area contributed by atoms with Crippen molar-refractivity contribution < 1.29 is 13.5 Å². The van der Waals surface area contributed by atoms with Crippen LogP contribution >= 0.6 is 0 Å². The first kappa shape index (κ1) is 13.8. The molecule has 1 N–H and O–H groups in total. The number of halogens is 2. The molecule has 0 aromatic carbocycles. The molecule has 0 atom stereocenters. The van der Waals surface area contributed by atoms with Crippen LogP contribution in [0, 0.1) is 5.92 Å². The van der Waals surface area contributed by atoms with Crippen molar-refractivity contribution in [2.24, 2.45) is 5.92 Å². The Labute approximate surface area is 100 Å². The van der Waals surface area contributed by atoms with Crippen molar-refractivity contribution in [3.63, 3.8) is 0 Å². The van der Waals surface area contributed by atoms with Crippen LogP contribution in [0.2, 0.25) is 0 Å². The number of ether oxygens (including phenoxy) is 1. The summed E-state index contributed by atoms with van der Waals surface area (Å²) < 4.78 is 28.7. The highest BCUT2D eigenvalue weighted by atomic mass is 19.3. The Hall–Kier alpha value is -1.23. The monoisotopic (exact) mass is 244 g/mol. The predicted molar refractivity (Wildman–Crippen MR) is 62.3 cm³/mol. The van der Waals surface area contributed by atoms with Crippen molar-refractivity contribution in [2.75, 3.05) is 13.2 Å². The van der Waals surface area contributed by atoms with Gasteiger partial charge in [-0.15, -0.1) is 0 Å². The first-order valence-corrected chi connectivity index (χ1v) is 5.64. The minimum Gasteiger partial charge on any atom is -0.472 e. The summed E-state index contributed by atoms with van der Waals surface area (Å²) in [5, 5.41) is 3.26. The standard InChI is InChI=1S/C12H18F2N2O/c1-9(2)6-15-7-10-3-4-16-12(5-10)17-8-11(13)14/h3-5,9,11,15H,6-8H2,1-2H3. The quantitative estimate of drug-likeness (QED) is 0.800. The van der Waals surface area contributed by atoms with Gasteiger partial charge >= 0.3 is 0 Å². The molecule has 0 saturated carbocycles. The van der Waals surface area contributed by atoms with Gasteiger partial charge in [-0.3, -0.25) is 0 Å². The molecule has 0 fully saturated rings. The number of hydrogen-bond acceptors (Lipinski definition) is 3. The van der Waals surface area contributed by atoms with Crippen LogP contribution in [0.5, 0.6) is 5.88 Å². The van der Waals surface area contributed by atoms with Crippen LogP contribution < -0.4 is 10.1 Å². The normalized spacial score (nSPS) is 11.2. The SMILES string of the molecule is CC(C)CNCc1ccnc(OCC(F)F)c1. The third-order valence-electron chi connectivity index (χ3n) is 2.04. The van der Waals surface area contributed by atoms with Gasteiger partial charge in [0.25, 0.3) is 6.43 Å². The molecule has 0 aliphatic heterocycles. The second-order valence-electron chi connectivity index (χ2n) is 4.23. The van der Waals surface area contributed by atoms with E-state index in [0.29, 0.717) is 12.5 Å². The van der Waals surface area contributed by atoms with Crippen molar-refractivity contribution in [1.29, 1.82) is 0 Å². The van der Waals surface area contributed by atoms with E-state index < -0.39 is 13.0 Å². The fourth-order valence-corrected chi connectivity index (χ4v) is 1.29. The smallest absolute Gasteiger partial charge is 0.272 e. The lowest BCUT2D eigenvalue weighted by molar-refractivity contribution is 0.0795. The minimum absolute atomic E-state index is 0.245. The summed E-state index contributed by atoms with van der Waals surface area (Å²) >= 11 is 0. The van der Waals surface area contributed by atoms with Crippen LogP contribution in [0.25, 0.3) is 0 Å². The molecule has 1 aromatic heterocycles. The Balaban J connectivity index is 2.42. The van der Waals surface area contributed by atoms with E-state index in [9.17, 15) is 8.78 Å². The molecule has 96 valence electrons. The van der Waals surface area contributed by atoms with Gasteiger partial charge in [-0.1, -0.05) is 13.8 Å². The van der Waals surface area contributed by atoms with Crippen molar-refractivity contribution in [2.45, 2.75) is 26.8 Å². The van der Waals surface area contributed by atoms with Gasteiger partial charge in [0, 0.05) is 18.8 Å². The number of hydrogen-bond donors (Lipinski definition) is 1. The average Bonchev–Trinajstić information content (AvgIpc) is 2.26. The molecule has 1 rings (SSSR count). The van der Waals surface area contributed by atoms with Crippen LogP contribution in [0.4, 0.5) is 8.78 Å². The van der Waals surface area contributed by atoms with E-state index >= 15 is 0 Å². The van der Waals surface area contributed by atoms with Gasteiger partial charge in [-0.25, -0.2) is 13.8 Å². The minimum atomic E-state index is -2.47. The second kappa shape index (κ2) is 7.17. The van der Waals surface area contributed by atoms with E-state index in [1.54, 1.807) is 12.3 Å². The first-order valence-electron chi connectivity index (χ1n) is 5.64. The summed E-state index contributed by atoms with van der Waals surface area (Å²) in [5.74, 6) is 0.820. The Morgan fingerprint density at radius 3 is 2.82 bits per heavy atom. The van der Waals surface area contributed by atoms with Gasteiger partial charge in [-0.05, 0) is 24.1 Å². The lowest BCUT2D eigenvalue weighted by atomic mass is 10.2. The maximum atomic E-state index is 11.9. The maximum absolute atomic E-state index is 11.9. The van der Waals surface area contributed by atoms with E-state index in [2.05, 4.69) is 24.1 Å². The van der Waals surface area contributed by atoms with Crippen LogP contribution in [0.3, 0.4) is 0 Å². The number of rotatable bonds is 7. The zero-order valence-electron chi connectivity index (χ0n) is 10.1. The van der Waals surface area contributed by atoms with Crippen molar-refractivity contribution in [3.05, 3.63) is 23.9 Å². The highest BCUT2D eigenvalue weighted by Gasteiger charge is 2.05. The number of aromatic nitrogens is 1. The van der Waals surface area contributed by atoms with Gasteiger partial charge in [0.15, 0.2) is 6.61 Å². The zero-order chi connectivity index (χ0) is 12.7. The molecule has 0 spiro atoms. The zero-order valence-corrected chi connectivity index (χ0v) is 10.1. The Kier molecular flexibility index (Phi) is 5.83. The van der Waals surface area contributed by atoms with Crippen molar-refractivity contribution in [1.82, 2.24) is 10.3 Å². The van der Waals surface area contributed by atoms with E-state index in [-0.39, 0.29) is 5.88 Å². The fourth-order valence-electron chi connectivity index (χ4n) is 1.29. The summed E-state index contributed by atoms with van der Waals surface area (Å²) in [5.41, 5.74) is 0.977. The topological polar surface area (TPSA) is 34.2 Å². The third-order valence-corrected chi connectivity index (χ3v) is 2.04. The highest BCUT2D eigenvalue weighted by Crippen LogP contribution is 2.10. The fraction of sp³-hybridized carbons (Fsp3) is 0.583. The third kappa shape index (κ3) is 6.16. The van der Waals surface area contributed by atoms with E-state index in [1.807, 2.05) is 6.07 Å². The molecule has 0 saturated heterocycles. The molecule has 17 heavy (non-hydrogen) atoms. The molecule has 0 unspecified atom stereocenters. The van der Waals surface area contributed by atoms with Gasteiger partial charge in [-0.2, -0.15) is 0 Å². The van der Waals surface area contributed by atoms with Crippen LogP contribution in [0.15, 0.2) is 18.3 Å². The molecule has 0 bridgehead atoms. The van der Waals surface area contributed by atoms with Crippen molar-refractivity contribution >= 4 is 0 Å². The van der Waals surface area contributed by atoms with Gasteiger partial charge in [0.1, 0.15) is 0 Å². The Morgan fingerprint density at radius 1 is 1.41 bits per heavy atom. The summed E-state index contributed by atoms with van der Waals surface area (Å²) in [4.78, 5) is 3.87. The lowest BCUT2D eigenvalue weighted by Gasteiger charge is -2.09. The van der Waals surface area contributed by atoms with E-state index in [4.69, 9.17) is 4.74 Å². The first-order chi connectivity index (χ1) is 8.08. The largest absolute Gasteiger partial charge is 0.472 e. The number of alkyl halides is 2. The second-order valence-corrected chi connectivity index (χ2v) is 4.23. The molecule has 5 heteroatoms. The molecule has 3 nitrogen and oxygen atoms in total. The molecule has 0 aliphatic carbocycles. The molecule has 1 aromatic rings. The molecular weight excluding hydrogens is 226 g/mol. The molecule has 0 amide bonds. The Morgan fingerprint density at radius 2 is 2.18 bits per heavy atom. The number of pyridine rings is 1. The van der Waals surface area contributed by atoms with Crippen molar-refractivity contribution in [3.8, 4) is 5.88 Å². The van der Waals surface area contributed by atoms with Crippen LogP contribution in [-0.4, -0.2) is 24.6 Å². The van der Waals surface area contributed by atoms with Gasteiger partial charge in [0.2, 0.25) is 5.88 Å². The molecule has 1 heterocycles. The van der Waals surface area contributed by atoms with E-state index in [1.165, 1.54) is 0 Å². The Bertz CT molecular complexity index is 332. The predicted octanol–water partition coefficient (Wildman–Crippen LogP) is 2.47. The van der Waals surface area contributed by atoms with Gasteiger partial charge < -0.3 is 10.1 Å². The maximum Gasteiger partial charge on any atom is 0.272 e. The summed E-state index contributed by atoms with van der Waals surface area (Å²) in [6.07, 6.45) is -0.910. The van der Waals surface area contributed by atoms with Gasteiger partial charge in [0.05, 0.1) is 0 Å². The summed E-state index contributed by atoms with van der Waals surface area (Å²) in [6, 6.07) is 3.51. The average molecular weight is 244 g/mol. The summed E-state index contributed by atoms with van der Waals surface area (Å²) in [6.45, 7) is 5.23. The number of nitrogens with one attached hydrogen (secondary N) is 1. The lowest BCUT2D eigenvalue weighted by Crippen LogP contribution is -2.19. The molecule has 0 aliphatic rings. The number of nitrogens with zero attached hydrogens (tertiary/aromatic N) is 1. The van der Waals surface area contributed by atoms with Crippen LogP contribution in [0.1, 0.15) is 19.4 Å². The van der Waals surface area contributed by atoms with E-state index in [0.717, 1.165) is 12.1 Å². The summed E-state index contributed by atoms with van der Waals surface area (Å²) in [7, 11) is 0. The highest BCUT2D eigenvalue weighted by molar-refractivity contribution is 5.20. The van der Waals surface area contributed by atoms with Crippen LogP contribution in [-0.2, 0) is 6.54 Å². The molecule has 0 radical (unpaired) electrons.